The van der Waals surface area contributed by atoms with Gasteiger partial charge in [0.2, 0.25) is 5.91 Å². The SMILES string of the molecule is CCOc1ccc(CN(C)C(C)C(=O)NC(=O)NC)cc1. The highest BCUT2D eigenvalue weighted by atomic mass is 16.5. The summed E-state index contributed by atoms with van der Waals surface area (Å²) >= 11 is 0. The summed E-state index contributed by atoms with van der Waals surface area (Å²) in [5.74, 6) is 0.497. The van der Waals surface area contributed by atoms with Crippen LogP contribution in [0.4, 0.5) is 4.79 Å². The highest BCUT2D eigenvalue weighted by Crippen LogP contribution is 2.14. The second kappa shape index (κ2) is 8.26. The molecule has 0 saturated heterocycles. The Hall–Kier alpha value is -2.08. The summed E-state index contributed by atoms with van der Waals surface area (Å²) in [7, 11) is 3.31. The fourth-order valence-corrected chi connectivity index (χ4v) is 1.76. The van der Waals surface area contributed by atoms with Gasteiger partial charge in [0.15, 0.2) is 0 Å². The van der Waals surface area contributed by atoms with Gasteiger partial charge in [-0.25, -0.2) is 4.79 Å². The molecule has 0 aromatic heterocycles. The number of likely N-dealkylation sites (N-methyl/N-ethyl adjacent to an activating group) is 1. The normalized spacial score (nSPS) is 11.9. The first-order valence-corrected chi connectivity index (χ1v) is 6.92. The maximum atomic E-state index is 11.8. The van der Waals surface area contributed by atoms with Crippen LogP contribution < -0.4 is 15.4 Å². The van der Waals surface area contributed by atoms with Crippen LogP contribution in [-0.4, -0.2) is 43.6 Å². The van der Waals surface area contributed by atoms with Gasteiger partial charge in [-0.05, 0) is 38.6 Å². The molecule has 1 rings (SSSR count). The molecule has 1 unspecified atom stereocenters. The van der Waals surface area contributed by atoms with Crippen molar-refractivity contribution in [1.29, 1.82) is 0 Å². The zero-order valence-corrected chi connectivity index (χ0v) is 13.0. The van der Waals surface area contributed by atoms with Crippen molar-refractivity contribution in [2.45, 2.75) is 26.4 Å². The molecule has 0 heterocycles. The third-order valence-electron chi connectivity index (χ3n) is 3.17. The van der Waals surface area contributed by atoms with Gasteiger partial charge < -0.3 is 10.1 Å². The molecule has 6 heteroatoms. The van der Waals surface area contributed by atoms with Crippen LogP contribution in [-0.2, 0) is 11.3 Å². The van der Waals surface area contributed by atoms with E-state index in [1.807, 2.05) is 43.1 Å². The van der Waals surface area contributed by atoms with Gasteiger partial charge in [0.05, 0.1) is 12.6 Å². The highest BCUT2D eigenvalue weighted by Gasteiger charge is 2.19. The van der Waals surface area contributed by atoms with Crippen molar-refractivity contribution in [1.82, 2.24) is 15.5 Å². The molecule has 0 fully saturated rings. The Labute approximate surface area is 125 Å². The van der Waals surface area contributed by atoms with E-state index < -0.39 is 12.1 Å². The standard InChI is InChI=1S/C15H23N3O3/c1-5-21-13-8-6-12(7-9-13)10-18(4)11(2)14(19)17-15(20)16-3/h6-9,11H,5,10H2,1-4H3,(H2,16,17,19,20). The summed E-state index contributed by atoms with van der Waals surface area (Å²) < 4.78 is 5.39. The van der Waals surface area contributed by atoms with Gasteiger partial charge in [-0.1, -0.05) is 12.1 Å². The summed E-state index contributed by atoms with van der Waals surface area (Å²) in [5, 5.41) is 4.63. The fourth-order valence-electron chi connectivity index (χ4n) is 1.76. The van der Waals surface area contributed by atoms with Crippen LogP contribution in [0.1, 0.15) is 19.4 Å². The van der Waals surface area contributed by atoms with Crippen LogP contribution in [0.25, 0.3) is 0 Å². The zero-order valence-electron chi connectivity index (χ0n) is 13.0. The summed E-state index contributed by atoms with van der Waals surface area (Å²) in [6.45, 7) is 4.94. The highest BCUT2D eigenvalue weighted by molar-refractivity contribution is 5.96. The van der Waals surface area contributed by atoms with E-state index in [0.717, 1.165) is 11.3 Å². The molecule has 0 aliphatic heterocycles. The number of rotatable bonds is 6. The van der Waals surface area contributed by atoms with Crippen molar-refractivity contribution >= 4 is 11.9 Å². The molecule has 3 amide bonds. The van der Waals surface area contributed by atoms with Crippen LogP contribution in [0.15, 0.2) is 24.3 Å². The average molecular weight is 293 g/mol. The summed E-state index contributed by atoms with van der Waals surface area (Å²) in [4.78, 5) is 24.8. The minimum atomic E-state index is -0.499. The quantitative estimate of drug-likeness (QED) is 0.831. The molecular formula is C15H23N3O3. The molecule has 6 nitrogen and oxygen atoms in total. The van der Waals surface area contributed by atoms with Crippen molar-refractivity contribution in [2.75, 3.05) is 20.7 Å². The Bertz CT molecular complexity index is 474. The van der Waals surface area contributed by atoms with Gasteiger partial charge in [0, 0.05) is 13.6 Å². The number of carbonyl (C=O) groups is 2. The predicted octanol–water partition coefficient (Wildman–Crippen LogP) is 1.36. The number of hydrogen-bond donors (Lipinski definition) is 2. The first kappa shape index (κ1) is 17.0. The van der Waals surface area contributed by atoms with Gasteiger partial charge >= 0.3 is 6.03 Å². The number of hydrogen-bond acceptors (Lipinski definition) is 4. The van der Waals surface area contributed by atoms with E-state index in [4.69, 9.17) is 4.74 Å². The van der Waals surface area contributed by atoms with E-state index in [9.17, 15) is 9.59 Å². The molecule has 1 atom stereocenters. The van der Waals surface area contributed by atoms with Crippen molar-refractivity contribution in [3.8, 4) is 5.75 Å². The monoisotopic (exact) mass is 293 g/mol. The van der Waals surface area contributed by atoms with Gasteiger partial charge in [0.1, 0.15) is 5.75 Å². The summed E-state index contributed by atoms with van der Waals surface area (Å²) in [5.41, 5.74) is 1.07. The summed E-state index contributed by atoms with van der Waals surface area (Å²) in [6, 6.07) is 6.83. The maximum absolute atomic E-state index is 11.8. The Balaban J connectivity index is 2.56. The van der Waals surface area contributed by atoms with Crippen LogP contribution >= 0.6 is 0 Å². The largest absolute Gasteiger partial charge is 0.494 e. The van der Waals surface area contributed by atoms with Crippen LogP contribution in [0, 0.1) is 0 Å². The third-order valence-corrected chi connectivity index (χ3v) is 3.17. The van der Waals surface area contributed by atoms with Gasteiger partial charge in [0.25, 0.3) is 0 Å². The van der Waals surface area contributed by atoms with Crippen LogP contribution in [0.2, 0.25) is 0 Å². The Morgan fingerprint density at radius 3 is 2.43 bits per heavy atom. The lowest BCUT2D eigenvalue weighted by Gasteiger charge is -2.23. The lowest BCUT2D eigenvalue weighted by Crippen LogP contribution is -2.47. The molecule has 116 valence electrons. The van der Waals surface area contributed by atoms with E-state index in [2.05, 4.69) is 10.6 Å². The van der Waals surface area contributed by atoms with Crippen molar-refractivity contribution in [2.24, 2.45) is 0 Å². The Kier molecular flexibility index (Phi) is 6.68. The third kappa shape index (κ3) is 5.43. The number of carbonyl (C=O) groups excluding carboxylic acids is 2. The number of benzene rings is 1. The molecule has 0 aliphatic carbocycles. The lowest BCUT2D eigenvalue weighted by molar-refractivity contribution is -0.124. The maximum Gasteiger partial charge on any atom is 0.321 e. The van der Waals surface area contributed by atoms with E-state index in [-0.39, 0.29) is 5.91 Å². The van der Waals surface area contributed by atoms with E-state index in [0.29, 0.717) is 13.2 Å². The lowest BCUT2D eigenvalue weighted by atomic mass is 10.2. The van der Waals surface area contributed by atoms with Crippen LogP contribution in [0.3, 0.4) is 0 Å². The number of amides is 3. The molecule has 1 aromatic rings. The minimum absolute atomic E-state index is 0.331. The second-order valence-electron chi connectivity index (χ2n) is 4.74. The second-order valence-corrected chi connectivity index (χ2v) is 4.74. The van der Waals surface area contributed by atoms with Gasteiger partial charge in [-0.3, -0.25) is 15.0 Å². The minimum Gasteiger partial charge on any atom is -0.494 e. The van der Waals surface area contributed by atoms with Gasteiger partial charge in [-0.15, -0.1) is 0 Å². The smallest absolute Gasteiger partial charge is 0.321 e. The van der Waals surface area contributed by atoms with Crippen molar-refractivity contribution in [3.63, 3.8) is 0 Å². The Morgan fingerprint density at radius 2 is 1.90 bits per heavy atom. The zero-order chi connectivity index (χ0) is 15.8. The number of urea groups is 1. The topological polar surface area (TPSA) is 70.7 Å². The molecule has 0 bridgehead atoms. The number of ether oxygens (including phenoxy) is 1. The molecule has 2 N–H and O–H groups in total. The molecule has 0 aliphatic rings. The molecule has 0 saturated carbocycles. The molecule has 0 radical (unpaired) electrons. The van der Waals surface area contributed by atoms with E-state index in [1.54, 1.807) is 6.92 Å². The Morgan fingerprint density at radius 1 is 1.29 bits per heavy atom. The first-order chi connectivity index (χ1) is 9.97. The average Bonchev–Trinajstić information content (AvgIpc) is 2.48. The molecular weight excluding hydrogens is 270 g/mol. The summed E-state index contributed by atoms with van der Waals surface area (Å²) in [6.07, 6.45) is 0. The number of nitrogens with zero attached hydrogens (tertiary/aromatic N) is 1. The van der Waals surface area contributed by atoms with E-state index in [1.165, 1.54) is 7.05 Å². The molecule has 1 aromatic carbocycles. The molecule has 0 spiro atoms. The number of nitrogens with one attached hydrogen (secondary N) is 2. The van der Waals surface area contributed by atoms with Crippen LogP contribution in [0.5, 0.6) is 5.75 Å². The van der Waals surface area contributed by atoms with E-state index >= 15 is 0 Å². The van der Waals surface area contributed by atoms with Gasteiger partial charge in [-0.2, -0.15) is 0 Å². The number of imide groups is 1. The fraction of sp³-hybridized carbons (Fsp3) is 0.467. The van der Waals surface area contributed by atoms with Crippen molar-refractivity contribution in [3.05, 3.63) is 29.8 Å². The first-order valence-electron chi connectivity index (χ1n) is 6.92. The van der Waals surface area contributed by atoms with Crippen molar-refractivity contribution < 1.29 is 14.3 Å². The predicted molar refractivity (Wildman–Crippen MR) is 81.1 cm³/mol. The molecule has 21 heavy (non-hydrogen) atoms.